The number of hydrogen-bond donors (Lipinski definition) is 0. The number of allylic oxidation sites excluding steroid dienone is 1. The monoisotopic (exact) mass is 406 g/mol. The van der Waals surface area contributed by atoms with Crippen LogP contribution in [0.25, 0.3) is 0 Å². The Labute approximate surface area is 175 Å². The molecule has 5 nitrogen and oxygen atoms in total. The van der Waals surface area contributed by atoms with Gasteiger partial charge in [0.25, 0.3) is 0 Å². The van der Waals surface area contributed by atoms with Gasteiger partial charge in [0.1, 0.15) is 6.61 Å². The van der Waals surface area contributed by atoms with Gasteiger partial charge in [0.15, 0.2) is 0 Å². The lowest BCUT2D eigenvalue weighted by Crippen LogP contribution is -2.60. The van der Waals surface area contributed by atoms with Gasteiger partial charge in [-0.05, 0) is 55.9 Å². The van der Waals surface area contributed by atoms with Crippen LogP contribution in [0.15, 0.2) is 11.6 Å². The molecule has 4 atom stereocenters. The molecule has 1 saturated carbocycles. The summed E-state index contributed by atoms with van der Waals surface area (Å²) in [5, 5.41) is 0. The van der Waals surface area contributed by atoms with Crippen LogP contribution in [0.3, 0.4) is 0 Å². The van der Waals surface area contributed by atoms with Crippen LogP contribution >= 0.6 is 0 Å². The van der Waals surface area contributed by atoms with Crippen LogP contribution in [-0.4, -0.2) is 36.9 Å². The van der Waals surface area contributed by atoms with Crippen molar-refractivity contribution in [3.05, 3.63) is 11.6 Å². The van der Waals surface area contributed by atoms with E-state index in [9.17, 15) is 9.59 Å². The van der Waals surface area contributed by atoms with E-state index < -0.39 is 11.2 Å². The Morgan fingerprint density at radius 3 is 2.48 bits per heavy atom. The molecule has 0 aromatic rings. The lowest BCUT2D eigenvalue weighted by atomic mass is 9.46. The van der Waals surface area contributed by atoms with E-state index in [0.29, 0.717) is 12.3 Å². The highest BCUT2D eigenvalue weighted by molar-refractivity contribution is 5.70. The number of fused-ring (bicyclic) bond motifs is 2. The number of methoxy groups -OCH3 is 1. The summed E-state index contributed by atoms with van der Waals surface area (Å²) in [6.45, 7) is 11.2. The molecule has 2 aliphatic carbocycles. The largest absolute Gasteiger partial charge is 0.469 e. The number of ether oxygens (including phenoxy) is 3. The molecule has 29 heavy (non-hydrogen) atoms. The molecular formula is C24H38O5. The summed E-state index contributed by atoms with van der Waals surface area (Å²) in [4.78, 5) is 23.9. The van der Waals surface area contributed by atoms with E-state index in [-0.39, 0.29) is 35.8 Å². The Hall–Kier alpha value is -1.36. The van der Waals surface area contributed by atoms with Crippen molar-refractivity contribution in [1.29, 1.82) is 0 Å². The number of carbonyl (C=O) groups is 2. The van der Waals surface area contributed by atoms with E-state index in [4.69, 9.17) is 14.2 Å². The lowest BCUT2D eigenvalue weighted by molar-refractivity contribution is -0.196. The van der Waals surface area contributed by atoms with Crippen LogP contribution in [0.2, 0.25) is 0 Å². The zero-order valence-electron chi connectivity index (χ0n) is 19.1. The van der Waals surface area contributed by atoms with Crippen LogP contribution < -0.4 is 0 Å². The average molecular weight is 407 g/mol. The van der Waals surface area contributed by atoms with Crippen molar-refractivity contribution in [1.82, 2.24) is 0 Å². The van der Waals surface area contributed by atoms with E-state index in [0.717, 1.165) is 31.3 Å². The third kappa shape index (κ3) is 3.75. The summed E-state index contributed by atoms with van der Waals surface area (Å²) < 4.78 is 17.5. The zero-order valence-corrected chi connectivity index (χ0v) is 19.1. The van der Waals surface area contributed by atoms with Gasteiger partial charge >= 0.3 is 11.9 Å². The van der Waals surface area contributed by atoms with Crippen molar-refractivity contribution in [3.8, 4) is 0 Å². The second kappa shape index (κ2) is 7.72. The molecule has 3 rings (SSSR count). The highest BCUT2D eigenvalue weighted by Crippen LogP contribution is 2.66. The molecule has 0 N–H and O–H groups in total. The van der Waals surface area contributed by atoms with E-state index >= 15 is 0 Å². The molecule has 3 aliphatic rings. The van der Waals surface area contributed by atoms with Crippen molar-refractivity contribution in [2.24, 2.45) is 16.7 Å². The van der Waals surface area contributed by atoms with Gasteiger partial charge in [-0.3, -0.25) is 9.59 Å². The second-order valence-electron chi connectivity index (χ2n) is 10.4. The fraction of sp³-hybridized carbons (Fsp3) is 0.833. The molecule has 2 fully saturated rings. The highest BCUT2D eigenvalue weighted by Gasteiger charge is 2.65. The van der Waals surface area contributed by atoms with Crippen molar-refractivity contribution in [2.75, 3.05) is 13.7 Å². The Balaban J connectivity index is 2.00. The smallest absolute Gasteiger partial charge is 0.308 e. The van der Waals surface area contributed by atoms with Gasteiger partial charge in [-0.25, -0.2) is 0 Å². The first-order valence-electron chi connectivity index (χ1n) is 11.1. The highest BCUT2D eigenvalue weighted by atomic mass is 16.6. The van der Waals surface area contributed by atoms with Gasteiger partial charge in [-0.15, -0.1) is 0 Å². The minimum absolute atomic E-state index is 0.0503. The van der Waals surface area contributed by atoms with Crippen molar-refractivity contribution >= 4 is 11.9 Å². The van der Waals surface area contributed by atoms with Gasteiger partial charge in [0.2, 0.25) is 0 Å². The van der Waals surface area contributed by atoms with Crippen LogP contribution in [-0.2, 0) is 23.8 Å². The summed E-state index contributed by atoms with van der Waals surface area (Å²) >= 11 is 0. The molecule has 1 heterocycles. The lowest BCUT2D eigenvalue weighted by Gasteiger charge is -2.61. The standard InChI is InChI=1S/C24H38O5/c1-7-19(25)28-16-17-9-10-18-21(2,3)11-8-12-23(18,5)24(17)14-13-22(4,29-24)15-20(26)27-6/h9,18H,7-8,10-16H2,1-6H3/t18-,22+,23-,24+/m0/s1. The SMILES string of the molecule is CCC(=O)OCC1=CC[C@H]2C(C)(C)CCC[C@]2(C)[C@@]12CC[C@](C)(CC(=O)OC)O2. The van der Waals surface area contributed by atoms with E-state index in [1.165, 1.54) is 20.0 Å². The van der Waals surface area contributed by atoms with Crippen molar-refractivity contribution < 1.29 is 23.8 Å². The minimum Gasteiger partial charge on any atom is -0.469 e. The molecule has 1 aliphatic heterocycles. The van der Waals surface area contributed by atoms with Crippen LogP contribution in [0, 0.1) is 16.7 Å². The molecule has 1 spiro atoms. The average Bonchev–Trinajstić information content (AvgIpc) is 3.00. The molecule has 5 heteroatoms. The quantitative estimate of drug-likeness (QED) is 0.476. The van der Waals surface area contributed by atoms with Crippen LogP contribution in [0.1, 0.15) is 86.0 Å². The topological polar surface area (TPSA) is 61.8 Å². The normalized spacial score (nSPS) is 38.3. The Kier molecular flexibility index (Phi) is 5.94. The third-order valence-corrected chi connectivity index (χ3v) is 8.12. The van der Waals surface area contributed by atoms with E-state index in [2.05, 4.69) is 26.8 Å². The fourth-order valence-electron chi connectivity index (χ4n) is 6.51. The van der Waals surface area contributed by atoms with Gasteiger partial charge in [-0.1, -0.05) is 40.2 Å². The van der Waals surface area contributed by atoms with Gasteiger partial charge in [0.05, 0.1) is 24.7 Å². The molecule has 0 amide bonds. The van der Waals surface area contributed by atoms with Gasteiger partial charge in [-0.2, -0.15) is 0 Å². The van der Waals surface area contributed by atoms with Crippen molar-refractivity contribution in [2.45, 2.75) is 97.2 Å². The van der Waals surface area contributed by atoms with Crippen LogP contribution in [0.4, 0.5) is 0 Å². The first kappa shape index (κ1) is 22.3. The summed E-state index contributed by atoms with van der Waals surface area (Å²) in [7, 11) is 1.42. The molecule has 0 aromatic carbocycles. The zero-order chi connectivity index (χ0) is 21.5. The molecular weight excluding hydrogens is 368 g/mol. The molecule has 0 bridgehead atoms. The maximum Gasteiger partial charge on any atom is 0.308 e. The third-order valence-electron chi connectivity index (χ3n) is 8.12. The number of hydrogen-bond acceptors (Lipinski definition) is 5. The first-order valence-corrected chi connectivity index (χ1v) is 11.1. The Morgan fingerprint density at radius 2 is 1.83 bits per heavy atom. The molecule has 164 valence electrons. The number of rotatable bonds is 5. The second-order valence-corrected chi connectivity index (χ2v) is 10.4. The van der Waals surface area contributed by atoms with Gasteiger partial charge < -0.3 is 14.2 Å². The van der Waals surface area contributed by atoms with E-state index in [1.807, 2.05) is 13.8 Å². The minimum atomic E-state index is -0.562. The Bertz CT molecular complexity index is 695. The van der Waals surface area contributed by atoms with E-state index in [1.54, 1.807) is 0 Å². The maximum atomic E-state index is 12.1. The molecule has 0 unspecified atom stereocenters. The number of carbonyl (C=O) groups excluding carboxylic acids is 2. The molecule has 0 aromatic heterocycles. The molecule has 1 saturated heterocycles. The Morgan fingerprint density at radius 1 is 1.10 bits per heavy atom. The summed E-state index contributed by atoms with van der Waals surface area (Å²) in [6, 6.07) is 0. The summed E-state index contributed by atoms with van der Waals surface area (Å²) in [6.07, 6.45) is 8.99. The predicted octanol–water partition coefficient (Wildman–Crippen LogP) is 4.97. The van der Waals surface area contributed by atoms with Crippen LogP contribution in [0.5, 0.6) is 0 Å². The molecule has 0 radical (unpaired) electrons. The maximum absolute atomic E-state index is 12.1. The first-order chi connectivity index (χ1) is 13.5. The fourth-order valence-corrected chi connectivity index (χ4v) is 6.51. The summed E-state index contributed by atoms with van der Waals surface area (Å²) in [5.41, 5.74) is 0.208. The predicted molar refractivity (Wildman–Crippen MR) is 111 cm³/mol. The van der Waals surface area contributed by atoms with Gasteiger partial charge in [0, 0.05) is 11.8 Å². The summed E-state index contributed by atoms with van der Waals surface area (Å²) in [5.74, 6) is 0.0662. The number of esters is 2. The van der Waals surface area contributed by atoms with Crippen molar-refractivity contribution in [3.63, 3.8) is 0 Å².